The zero-order valence-electron chi connectivity index (χ0n) is 10.9. The molecule has 0 radical (unpaired) electrons. The summed E-state index contributed by atoms with van der Waals surface area (Å²) in [7, 11) is 0. The van der Waals surface area contributed by atoms with Crippen molar-refractivity contribution in [3.05, 3.63) is 30.1 Å². The lowest BCUT2D eigenvalue weighted by Gasteiger charge is -2.18. The van der Waals surface area contributed by atoms with Gasteiger partial charge in [-0.25, -0.2) is 4.79 Å². The van der Waals surface area contributed by atoms with Crippen molar-refractivity contribution in [2.45, 2.75) is 38.8 Å². The molecule has 0 aromatic carbocycles. The zero-order chi connectivity index (χ0) is 13.4. The Morgan fingerprint density at radius 3 is 2.61 bits per heavy atom. The molecule has 0 fully saturated rings. The summed E-state index contributed by atoms with van der Waals surface area (Å²) in [6.07, 6.45) is 4.87. The SMILES string of the molecule is CC(CCCO)NC(=O)NC(C)c1ccncc1. The highest BCUT2D eigenvalue weighted by Gasteiger charge is 2.11. The van der Waals surface area contributed by atoms with Gasteiger partial charge in [0.05, 0.1) is 6.04 Å². The Hall–Kier alpha value is -1.62. The third-order valence-corrected chi connectivity index (χ3v) is 2.73. The van der Waals surface area contributed by atoms with Crippen molar-refractivity contribution in [2.75, 3.05) is 6.61 Å². The molecule has 18 heavy (non-hydrogen) atoms. The van der Waals surface area contributed by atoms with Gasteiger partial charge >= 0.3 is 6.03 Å². The largest absolute Gasteiger partial charge is 0.396 e. The molecular weight excluding hydrogens is 230 g/mol. The first-order valence-corrected chi connectivity index (χ1v) is 6.21. The van der Waals surface area contributed by atoms with Gasteiger partial charge in [0.25, 0.3) is 0 Å². The molecule has 0 spiro atoms. The van der Waals surface area contributed by atoms with Gasteiger partial charge in [0.2, 0.25) is 0 Å². The van der Waals surface area contributed by atoms with Gasteiger partial charge in [-0.1, -0.05) is 0 Å². The van der Waals surface area contributed by atoms with Crippen molar-refractivity contribution in [1.82, 2.24) is 15.6 Å². The van der Waals surface area contributed by atoms with Gasteiger partial charge in [-0.05, 0) is 44.4 Å². The van der Waals surface area contributed by atoms with Crippen LogP contribution in [-0.4, -0.2) is 28.8 Å². The highest BCUT2D eigenvalue weighted by molar-refractivity contribution is 5.74. The molecular formula is C13H21N3O2. The number of hydrogen-bond acceptors (Lipinski definition) is 3. The summed E-state index contributed by atoms with van der Waals surface area (Å²) in [5.41, 5.74) is 1.02. The van der Waals surface area contributed by atoms with E-state index in [2.05, 4.69) is 15.6 Å². The minimum absolute atomic E-state index is 0.0572. The summed E-state index contributed by atoms with van der Waals surface area (Å²) in [5, 5.41) is 14.4. The van der Waals surface area contributed by atoms with Crippen molar-refractivity contribution in [3.8, 4) is 0 Å². The number of hydrogen-bond donors (Lipinski definition) is 3. The van der Waals surface area contributed by atoms with Crippen LogP contribution < -0.4 is 10.6 Å². The van der Waals surface area contributed by atoms with Crippen molar-refractivity contribution in [1.29, 1.82) is 0 Å². The molecule has 2 unspecified atom stereocenters. The molecule has 2 amide bonds. The number of aliphatic hydroxyl groups excluding tert-OH is 1. The summed E-state index contributed by atoms with van der Waals surface area (Å²) in [4.78, 5) is 15.6. The number of aromatic nitrogens is 1. The number of amides is 2. The van der Waals surface area contributed by atoms with Crippen molar-refractivity contribution >= 4 is 6.03 Å². The number of urea groups is 1. The van der Waals surface area contributed by atoms with E-state index in [4.69, 9.17) is 5.11 Å². The Kier molecular flexibility index (Phi) is 6.14. The zero-order valence-corrected chi connectivity index (χ0v) is 10.9. The summed E-state index contributed by atoms with van der Waals surface area (Å²) in [6, 6.07) is 3.56. The number of aliphatic hydroxyl groups is 1. The quantitative estimate of drug-likeness (QED) is 0.719. The molecule has 0 aliphatic rings. The molecule has 0 aliphatic heterocycles. The third kappa shape index (κ3) is 5.14. The van der Waals surface area contributed by atoms with Gasteiger partial charge < -0.3 is 15.7 Å². The van der Waals surface area contributed by atoms with Crippen LogP contribution in [0, 0.1) is 0 Å². The van der Waals surface area contributed by atoms with E-state index in [-0.39, 0.29) is 24.7 Å². The van der Waals surface area contributed by atoms with E-state index in [1.54, 1.807) is 12.4 Å². The summed E-state index contributed by atoms with van der Waals surface area (Å²) in [6.45, 7) is 4.00. The van der Waals surface area contributed by atoms with Crippen LogP contribution in [0.2, 0.25) is 0 Å². The van der Waals surface area contributed by atoms with E-state index in [0.717, 1.165) is 12.0 Å². The predicted octanol–water partition coefficient (Wildman–Crippen LogP) is 1.60. The summed E-state index contributed by atoms with van der Waals surface area (Å²) < 4.78 is 0. The summed E-state index contributed by atoms with van der Waals surface area (Å²) in [5.74, 6) is 0. The molecule has 1 rings (SSSR count). The highest BCUT2D eigenvalue weighted by Crippen LogP contribution is 2.09. The van der Waals surface area contributed by atoms with E-state index in [1.165, 1.54) is 0 Å². The molecule has 100 valence electrons. The van der Waals surface area contributed by atoms with Gasteiger partial charge in [-0.2, -0.15) is 0 Å². The second kappa shape index (κ2) is 7.66. The Bertz CT molecular complexity index is 357. The highest BCUT2D eigenvalue weighted by atomic mass is 16.3. The molecule has 0 saturated heterocycles. The van der Waals surface area contributed by atoms with Gasteiger partial charge in [0, 0.05) is 25.0 Å². The average Bonchev–Trinajstić information content (AvgIpc) is 2.37. The number of carbonyl (C=O) groups is 1. The van der Waals surface area contributed by atoms with Gasteiger partial charge in [0.15, 0.2) is 0 Å². The van der Waals surface area contributed by atoms with Gasteiger partial charge in [-0.15, -0.1) is 0 Å². The molecule has 0 bridgehead atoms. The number of pyridine rings is 1. The Morgan fingerprint density at radius 1 is 1.33 bits per heavy atom. The normalized spacial score (nSPS) is 13.7. The second-order valence-electron chi connectivity index (χ2n) is 4.39. The van der Waals surface area contributed by atoms with Crippen LogP contribution in [-0.2, 0) is 0 Å². The Balaban J connectivity index is 2.36. The van der Waals surface area contributed by atoms with E-state index < -0.39 is 0 Å². The van der Waals surface area contributed by atoms with Crippen molar-refractivity contribution in [3.63, 3.8) is 0 Å². The maximum atomic E-state index is 11.7. The van der Waals surface area contributed by atoms with Crippen LogP contribution in [0.4, 0.5) is 4.79 Å². The second-order valence-corrected chi connectivity index (χ2v) is 4.39. The summed E-state index contributed by atoms with van der Waals surface area (Å²) >= 11 is 0. The predicted molar refractivity (Wildman–Crippen MR) is 70.1 cm³/mol. The van der Waals surface area contributed by atoms with E-state index >= 15 is 0 Å². The molecule has 1 aromatic heterocycles. The standard InChI is InChI=1S/C13H21N3O2/c1-10(4-3-9-17)15-13(18)16-11(2)12-5-7-14-8-6-12/h5-8,10-11,17H,3-4,9H2,1-2H3,(H2,15,16,18). The number of nitrogens with one attached hydrogen (secondary N) is 2. The number of nitrogens with zero attached hydrogens (tertiary/aromatic N) is 1. The maximum Gasteiger partial charge on any atom is 0.315 e. The fraction of sp³-hybridized carbons (Fsp3) is 0.538. The Morgan fingerprint density at radius 2 is 2.00 bits per heavy atom. The Labute approximate surface area is 108 Å². The average molecular weight is 251 g/mol. The van der Waals surface area contributed by atoms with Crippen molar-refractivity contribution < 1.29 is 9.90 Å². The fourth-order valence-electron chi connectivity index (χ4n) is 1.67. The molecule has 3 N–H and O–H groups in total. The van der Waals surface area contributed by atoms with Crippen LogP contribution in [0.3, 0.4) is 0 Å². The van der Waals surface area contributed by atoms with Crippen molar-refractivity contribution in [2.24, 2.45) is 0 Å². The van der Waals surface area contributed by atoms with Crippen LogP contribution >= 0.6 is 0 Å². The first-order chi connectivity index (χ1) is 8.63. The molecule has 5 heteroatoms. The van der Waals surface area contributed by atoms with E-state index in [0.29, 0.717) is 6.42 Å². The van der Waals surface area contributed by atoms with Gasteiger partial charge in [0.1, 0.15) is 0 Å². The smallest absolute Gasteiger partial charge is 0.315 e. The van der Waals surface area contributed by atoms with Gasteiger partial charge in [-0.3, -0.25) is 4.98 Å². The molecule has 5 nitrogen and oxygen atoms in total. The van der Waals surface area contributed by atoms with E-state index in [9.17, 15) is 4.79 Å². The molecule has 2 atom stereocenters. The third-order valence-electron chi connectivity index (χ3n) is 2.73. The number of carbonyl (C=O) groups excluding carboxylic acids is 1. The minimum atomic E-state index is -0.190. The van der Waals surface area contributed by atoms with Crippen LogP contribution in [0.15, 0.2) is 24.5 Å². The minimum Gasteiger partial charge on any atom is -0.396 e. The van der Waals surface area contributed by atoms with Crippen LogP contribution in [0.5, 0.6) is 0 Å². The van der Waals surface area contributed by atoms with E-state index in [1.807, 2.05) is 26.0 Å². The lowest BCUT2D eigenvalue weighted by molar-refractivity contribution is 0.231. The van der Waals surface area contributed by atoms with Crippen LogP contribution in [0.1, 0.15) is 38.3 Å². The number of rotatable bonds is 6. The lowest BCUT2D eigenvalue weighted by Crippen LogP contribution is -2.41. The first kappa shape index (κ1) is 14.4. The van der Waals surface area contributed by atoms with Crippen LogP contribution in [0.25, 0.3) is 0 Å². The molecule has 1 heterocycles. The first-order valence-electron chi connectivity index (χ1n) is 6.21. The molecule has 0 saturated carbocycles. The fourth-order valence-corrected chi connectivity index (χ4v) is 1.67. The molecule has 0 aliphatic carbocycles. The molecule has 1 aromatic rings. The monoisotopic (exact) mass is 251 g/mol. The lowest BCUT2D eigenvalue weighted by atomic mass is 10.1. The topological polar surface area (TPSA) is 74.2 Å². The maximum absolute atomic E-state index is 11.7.